The van der Waals surface area contributed by atoms with E-state index >= 15 is 0 Å². The molecule has 0 saturated heterocycles. The Morgan fingerprint density at radius 3 is 2.68 bits per heavy atom. The number of ether oxygens (including phenoxy) is 1. The van der Waals surface area contributed by atoms with Gasteiger partial charge in [-0.3, -0.25) is 4.79 Å². The largest absolute Gasteiger partial charge is 0.487 e. The molecule has 6 rings (SSSR count). The first-order valence-electron chi connectivity index (χ1n) is 13.3. The molecular formula is C33H29N3O4S. The zero-order chi connectivity index (χ0) is 28.6. The highest BCUT2D eigenvalue weighted by atomic mass is 32.2. The number of allylic oxidation sites excluding steroid dienone is 3. The van der Waals surface area contributed by atoms with Gasteiger partial charge in [0.15, 0.2) is 5.78 Å². The lowest BCUT2D eigenvalue weighted by atomic mass is 9.76. The average Bonchev–Trinajstić information content (AvgIpc) is 3.37. The van der Waals surface area contributed by atoms with Crippen molar-refractivity contribution in [1.29, 1.82) is 0 Å². The molecule has 1 aliphatic rings. The van der Waals surface area contributed by atoms with E-state index in [-0.39, 0.29) is 5.78 Å². The van der Waals surface area contributed by atoms with E-state index in [9.17, 15) is 13.2 Å². The fraction of sp³-hybridized carbons (Fsp3) is 0.152. The first kappa shape index (κ1) is 26.7. The maximum Gasteiger partial charge on any atom is 0.216 e. The van der Waals surface area contributed by atoms with Crippen molar-refractivity contribution in [3.05, 3.63) is 132 Å². The quantitative estimate of drug-likeness (QED) is 0.241. The van der Waals surface area contributed by atoms with E-state index in [1.54, 1.807) is 31.2 Å². The molecule has 0 fully saturated rings. The lowest BCUT2D eigenvalue weighted by Crippen LogP contribution is -2.45. The molecule has 7 nitrogen and oxygen atoms in total. The summed E-state index contributed by atoms with van der Waals surface area (Å²) in [5.41, 5.74) is 2.97. The van der Waals surface area contributed by atoms with Crippen molar-refractivity contribution in [1.82, 2.24) is 9.55 Å². The van der Waals surface area contributed by atoms with Gasteiger partial charge in [-0.25, -0.2) is 18.5 Å². The molecule has 2 heterocycles. The first-order valence-corrected chi connectivity index (χ1v) is 14.9. The number of fused-ring (bicyclic) bond motifs is 2. The van der Waals surface area contributed by atoms with Crippen LogP contribution in [0.25, 0.3) is 21.8 Å². The van der Waals surface area contributed by atoms with Gasteiger partial charge in [0.2, 0.25) is 10.0 Å². The SMILES string of the molecule is CC1(C(=O)c2ccc3c(ccn3Cc3cccc(OCc4ccc5ccccc5n4)c3)c2)C=CC=CC1S(N)(=O)=O. The van der Waals surface area contributed by atoms with E-state index in [4.69, 9.17) is 9.88 Å². The number of Topliss-reactive ketones (excluding diaryl/α,β-unsaturated/α-hetero) is 1. The highest BCUT2D eigenvalue weighted by Crippen LogP contribution is 2.36. The molecular weight excluding hydrogens is 534 g/mol. The van der Waals surface area contributed by atoms with Crippen LogP contribution in [0.2, 0.25) is 0 Å². The van der Waals surface area contributed by atoms with Crippen molar-refractivity contribution < 1.29 is 17.9 Å². The van der Waals surface area contributed by atoms with Crippen LogP contribution in [0, 0.1) is 5.41 Å². The summed E-state index contributed by atoms with van der Waals surface area (Å²) in [6, 6.07) is 27.4. The molecule has 0 aliphatic heterocycles. The van der Waals surface area contributed by atoms with Gasteiger partial charge in [0, 0.05) is 34.6 Å². The Morgan fingerprint density at radius 1 is 0.976 bits per heavy atom. The van der Waals surface area contributed by atoms with Crippen molar-refractivity contribution in [2.75, 3.05) is 0 Å². The van der Waals surface area contributed by atoms with Gasteiger partial charge >= 0.3 is 0 Å². The highest BCUT2D eigenvalue weighted by Gasteiger charge is 2.45. The molecule has 0 bridgehead atoms. The van der Waals surface area contributed by atoms with E-state index < -0.39 is 20.7 Å². The van der Waals surface area contributed by atoms with Crippen LogP contribution in [0.15, 0.2) is 115 Å². The summed E-state index contributed by atoms with van der Waals surface area (Å²) in [6.45, 7) is 2.60. The van der Waals surface area contributed by atoms with E-state index in [1.165, 1.54) is 6.08 Å². The standard InChI is InChI=1S/C33H29N3O4S/c1-33(17-5-4-11-31(33)41(34,38)39)32(37)26-13-15-30-25(20-26)16-18-36(30)21-23-7-6-9-28(19-23)40-22-27-14-12-24-8-2-3-10-29(24)35-27/h2-20,31H,21-22H2,1H3,(H2,34,38,39). The topological polar surface area (TPSA) is 104 Å². The van der Waals surface area contributed by atoms with Crippen LogP contribution in [0.3, 0.4) is 0 Å². The number of nitrogens with zero attached hydrogens (tertiary/aromatic N) is 2. The number of nitrogens with two attached hydrogens (primary N) is 1. The summed E-state index contributed by atoms with van der Waals surface area (Å²) < 4.78 is 32.6. The van der Waals surface area contributed by atoms with E-state index in [0.29, 0.717) is 18.7 Å². The molecule has 0 amide bonds. The normalized spacial score (nSPS) is 18.6. The predicted molar refractivity (Wildman–Crippen MR) is 161 cm³/mol. The third kappa shape index (κ3) is 5.31. The minimum Gasteiger partial charge on any atom is -0.487 e. The van der Waals surface area contributed by atoms with Crippen molar-refractivity contribution in [2.24, 2.45) is 10.6 Å². The van der Waals surface area contributed by atoms with E-state index in [2.05, 4.69) is 15.6 Å². The van der Waals surface area contributed by atoms with Crippen molar-refractivity contribution in [2.45, 2.75) is 25.3 Å². The molecule has 0 spiro atoms. The zero-order valence-corrected chi connectivity index (χ0v) is 23.3. The Hall–Kier alpha value is -4.53. The van der Waals surface area contributed by atoms with Gasteiger partial charge in [-0.05, 0) is 61.0 Å². The predicted octanol–water partition coefficient (Wildman–Crippen LogP) is 5.79. The zero-order valence-electron chi connectivity index (χ0n) is 22.5. The van der Waals surface area contributed by atoms with Crippen LogP contribution in [0.4, 0.5) is 0 Å². The van der Waals surface area contributed by atoms with Gasteiger partial charge in [-0.1, -0.05) is 60.7 Å². The summed E-state index contributed by atoms with van der Waals surface area (Å²) in [6.07, 6.45) is 8.35. The monoisotopic (exact) mass is 563 g/mol. The molecule has 206 valence electrons. The van der Waals surface area contributed by atoms with Gasteiger partial charge < -0.3 is 9.30 Å². The maximum absolute atomic E-state index is 13.6. The molecule has 0 radical (unpaired) electrons. The number of primary sulfonamides is 1. The summed E-state index contributed by atoms with van der Waals surface area (Å²) in [5, 5.41) is 6.32. The number of hydrogen-bond donors (Lipinski definition) is 1. The van der Waals surface area contributed by atoms with Gasteiger partial charge in [-0.2, -0.15) is 0 Å². The number of hydrogen-bond acceptors (Lipinski definition) is 5. The lowest BCUT2D eigenvalue weighted by molar-refractivity contribution is 0.0872. The van der Waals surface area contributed by atoms with E-state index in [1.807, 2.05) is 79.0 Å². The molecule has 0 saturated carbocycles. The molecule has 1 aliphatic carbocycles. The number of carbonyl (C=O) groups is 1. The molecule has 8 heteroatoms. The number of aromatic nitrogens is 2. The van der Waals surface area contributed by atoms with Crippen LogP contribution < -0.4 is 9.88 Å². The van der Waals surface area contributed by atoms with Gasteiger partial charge in [0.1, 0.15) is 17.6 Å². The number of pyridine rings is 1. The second-order valence-corrected chi connectivity index (χ2v) is 12.2. The smallest absolute Gasteiger partial charge is 0.216 e. The molecule has 41 heavy (non-hydrogen) atoms. The fourth-order valence-corrected chi connectivity index (χ4v) is 6.62. The Labute approximate surface area is 238 Å². The number of sulfonamides is 1. The summed E-state index contributed by atoms with van der Waals surface area (Å²) in [4.78, 5) is 18.2. The Bertz CT molecular complexity index is 1960. The summed E-state index contributed by atoms with van der Waals surface area (Å²) >= 11 is 0. The second-order valence-electron chi connectivity index (χ2n) is 10.5. The number of ketones is 1. The third-order valence-electron chi connectivity index (χ3n) is 7.60. The average molecular weight is 564 g/mol. The van der Waals surface area contributed by atoms with Crippen LogP contribution in [0.1, 0.15) is 28.5 Å². The number of carbonyl (C=O) groups excluding carboxylic acids is 1. The fourth-order valence-electron chi connectivity index (χ4n) is 5.44. The van der Waals surface area contributed by atoms with E-state index in [0.717, 1.165) is 38.8 Å². The molecule has 5 aromatic rings. The van der Waals surface area contributed by atoms with Gasteiger partial charge in [-0.15, -0.1) is 0 Å². The summed E-state index contributed by atoms with van der Waals surface area (Å²) in [7, 11) is -3.97. The highest BCUT2D eigenvalue weighted by molar-refractivity contribution is 7.90. The van der Waals surface area contributed by atoms with Crippen molar-refractivity contribution >= 4 is 37.6 Å². The second kappa shape index (κ2) is 10.5. The van der Waals surface area contributed by atoms with Gasteiger partial charge in [0.05, 0.1) is 16.6 Å². The molecule has 2 unspecified atom stereocenters. The minimum absolute atomic E-state index is 0.294. The first-order chi connectivity index (χ1) is 19.7. The van der Waals surface area contributed by atoms with Crippen molar-refractivity contribution in [3.63, 3.8) is 0 Å². The molecule has 3 aromatic carbocycles. The van der Waals surface area contributed by atoms with Crippen LogP contribution in [-0.2, 0) is 23.2 Å². The molecule has 2 atom stereocenters. The van der Waals surface area contributed by atoms with Gasteiger partial charge in [0.25, 0.3) is 0 Å². The Kier molecular flexibility index (Phi) is 6.81. The van der Waals surface area contributed by atoms with Crippen LogP contribution >= 0.6 is 0 Å². The van der Waals surface area contributed by atoms with Crippen LogP contribution in [0.5, 0.6) is 5.75 Å². The minimum atomic E-state index is -3.97. The number of benzene rings is 3. The summed E-state index contributed by atoms with van der Waals surface area (Å²) in [5.74, 6) is 0.464. The van der Waals surface area contributed by atoms with Crippen LogP contribution in [-0.4, -0.2) is 29.0 Å². The Balaban J connectivity index is 1.19. The Morgan fingerprint density at radius 2 is 1.83 bits per heavy atom. The molecule has 2 aromatic heterocycles. The number of rotatable bonds is 8. The molecule has 2 N–H and O–H groups in total. The number of para-hydroxylation sites is 1. The lowest BCUT2D eigenvalue weighted by Gasteiger charge is -2.32. The van der Waals surface area contributed by atoms with Crippen molar-refractivity contribution in [3.8, 4) is 5.75 Å². The third-order valence-corrected chi connectivity index (χ3v) is 8.96. The maximum atomic E-state index is 13.6.